The molecule has 2 aliphatic carbocycles. The largest absolute Gasteiger partial charge is 0.0804 e. The molecular weight excluding hydrogens is 240 g/mol. The van der Waals surface area contributed by atoms with Crippen LogP contribution in [0.2, 0.25) is 0 Å². The van der Waals surface area contributed by atoms with E-state index in [0.29, 0.717) is 5.92 Å². The normalized spacial score (nSPS) is 19.7. The van der Waals surface area contributed by atoms with E-state index < -0.39 is 0 Å². The Morgan fingerprint density at radius 1 is 0.850 bits per heavy atom. The van der Waals surface area contributed by atoms with Crippen LogP contribution in [0.15, 0.2) is 78.4 Å². The zero-order valence-corrected chi connectivity index (χ0v) is 11.3. The Kier molecular flexibility index (Phi) is 2.67. The van der Waals surface area contributed by atoms with Gasteiger partial charge in [-0.15, -0.1) is 0 Å². The van der Waals surface area contributed by atoms with Crippen LogP contribution in [0.3, 0.4) is 0 Å². The lowest BCUT2D eigenvalue weighted by atomic mass is 9.84. The van der Waals surface area contributed by atoms with E-state index in [9.17, 15) is 0 Å². The molecule has 0 fully saturated rings. The number of benzene rings is 2. The van der Waals surface area contributed by atoms with Gasteiger partial charge in [-0.2, -0.15) is 0 Å². The molecule has 0 saturated heterocycles. The molecule has 0 amide bonds. The summed E-state index contributed by atoms with van der Waals surface area (Å²) in [5.74, 6) is 0.420. The first-order valence-electron chi connectivity index (χ1n) is 7.15. The van der Waals surface area contributed by atoms with Crippen molar-refractivity contribution < 1.29 is 0 Å². The second-order valence-corrected chi connectivity index (χ2v) is 5.40. The van der Waals surface area contributed by atoms with E-state index in [4.69, 9.17) is 0 Å². The fourth-order valence-corrected chi connectivity index (χ4v) is 3.28. The predicted octanol–water partition coefficient (Wildman–Crippen LogP) is 5.21. The Morgan fingerprint density at radius 3 is 2.45 bits per heavy atom. The average Bonchev–Trinajstić information content (AvgIpc) is 3.14. The monoisotopic (exact) mass is 256 g/mol. The molecule has 20 heavy (non-hydrogen) atoms. The third kappa shape index (κ3) is 1.77. The van der Waals surface area contributed by atoms with Gasteiger partial charge in [-0.1, -0.05) is 78.4 Å². The Bertz CT molecular complexity index is 730. The van der Waals surface area contributed by atoms with E-state index in [1.165, 1.54) is 27.8 Å². The summed E-state index contributed by atoms with van der Waals surface area (Å²) >= 11 is 0. The molecule has 0 spiro atoms. The van der Waals surface area contributed by atoms with Crippen molar-refractivity contribution in [2.45, 2.75) is 12.3 Å². The summed E-state index contributed by atoms with van der Waals surface area (Å²) in [4.78, 5) is 0. The summed E-state index contributed by atoms with van der Waals surface area (Å²) in [6, 6.07) is 19.5. The van der Waals surface area contributed by atoms with Crippen molar-refractivity contribution in [3.63, 3.8) is 0 Å². The maximum atomic E-state index is 2.36. The van der Waals surface area contributed by atoms with E-state index in [-0.39, 0.29) is 0 Å². The Labute approximate surface area is 119 Å². The van der Waals surface area contributed by atoms with Gasteiger partial charge in [0, 0.05) is 5.92 Å². The highest BCUT2D eigenvalue weighted by molar-refractivity contribution is 5.93. The van der Waals surface area contributed by atoms with Crippen molar-refractivity contribution in [1.82, 2.24) is 0 Å². The van der Waals surface area contributed by atoms with Crippen LogP contribution in [0.25, 0.3) is 11.6 Å². The molecule has 0 N–H and O–H groups in total. The molecule has 2 aliphatic rings. The molecule has 1 atom stereocenters. The van der Waals surface area contributed by atoms with Crippen molar-refractivity contribution >= 4 is 11.6 Å². The van der Waals surface area contributed by atoms with Gasteiger partial charge in [0.15, 0.2) is 0 Å². The highest BCUT2D eigenvalue weighted by atomic mass is 14.3. The lowest BCUT2D eigenvalue weighted by Gasteiger charge is -2.19. The molecule has 96 valence electrons. The zero-order chi connectivity index (χ0) is 13.4. The SMILES string of the molecule is C1=CCC(C2C(c3ccccc3)=Cc3ccccc32)=C1. The Morgan fingerprint density at radius 2 is 1.65 bits per heavy atom. The summed E-state index contributed by atoms with van der Waals surface area (Å²) in [5.41, 5.74) is 7.08. The highest BCUT2D eigenvalue weighted by Crippen LogP contribution is 2.47. The van der Waals surface area contributed by atoms with Crippen LogP contribution >= 0.6 is 0 Å². The van der Waals surface area contributed by atoms with Gasteiger partial charge in [-0.05, 0) is 34.8 Å². The van der Waals surface area contributed by atoms with Crippen LogP contribution in [0.4, 0.5) is 0 Å². The van der Waals surface area contributed by atoms with Crippen molar-refractivity contribution in [2.75, 3.05) is 0 Å². The molecule has 2 aromatic carbocycles. The number of hydrogen-bond acceptors (Lipinski definition) is 0. The molecule has 0 saturated carbocycles. The first-order chi connectivity index (χ1) is 9.93. The molecule has 0 radical (unpaired) electrons. The van der Waals surface area contributed by atoms with Gasteiger partial charge in [0.05, 0.1) is 0 Å². The van der Waals surface area contributed by atoms with Crippen molar-refractivity contribution in [3.8, 4) is 0 Å². The summed E-state index contributed by atoms with van der Waals surface area (Å²) in [5, 5.41) is 0. The van der Waals surface area contributed by atoms with Gasteiger partial charge in [0.25, 0.3) is 0 Å². The van der Waals surface area contributed by atoms with E-state index in [2.05, 4.69) is 78.9 Å². The molecule has 2 aromatic rings. The topological polar surface area (TPSA) is 0 Å². The van der Waals surface area contributed by atoms with E-state index in [1.807, 2.05) is 0 Å². The quantitative estimate of drug-likeness (QED) is 0.692. The average molecular weight is 256 g/mol. The number of allylic oxidation sites excluding steroid dienone is 5. The van der Waals surface area contributed by atoms with Crippen LogP contribution < -0.4 is 0 Å². The molecule has 0 heterocycles. The van der Waals surface area contributed by atoms with Crippen LogP contribution in [-0.2, 0) is 0 Å². The second-order valence-electron chi connectivity index (χ2n) is 5.40. The Balaban J connectivity index is 1.86. The van der Waals surface area contributed by atoms with E-state index >= 15 is 0 Å². The molecular formula is C20H16. The van der Waals surface area contributed by atoms with Gasteiger partial charge in [0.1, 0.15) is 0 Å². The first-order valence-corrected chi connectivity index (χ1v) is 7.15. The molecule has 0 heteroatoms. The lowest BCUT2D eigenvalue weighted by molar-refractivity contribution is 0.990. The van der Waals surface area contributed by atoms with E-state index in [1.54, 1.807) is 0 Å². The molecule has 0 aromatic heterocycles. The van der Waals surface area contributed by atoms with E-state index in [0.717, 1.165) is 6.42 Å². The molecule has 4 rings (SSSR count). The predicted molar refractivity (Wildman–Crippen MR) is 85.3 cm³/mol. The summed E-state index contributed by atoms with van der Waals surface area (Å²) < 4.78 is 0. The van der Waals surface area contributed by atoms with Gasteiger partial charge >= 0.3 is 0 Å². The minimum Gasteiger partial charge on any atom is -0.0804 e. The molecule has 0 nitrogen and oxygen atoms in total. The van der Waals surface area contributed by atoms with Crippen molar-refractivity contribution in [2.24, 2.45) is 0 Å². The van der Waals surface area contributed by atoms with Gasteiger partial charge < -0.3 is 0 Å². The Hall–Kier alpha value is -2.34. The molecule has 0 aliphatic heterocycles. The summed E-state index contributed by atoms with van der Waals surface area (Å²) in [7, 11) is 0. The minimum absolute atomic E-state index is 0.420. The number of rotatable bonds is 2. The fourth-order valence-electron chi connectivity index (χ4n) is 3.28. The van der Waals surface area contributed by atoms with Crippen molar-refractivity contribution in [3.05, 3.63) is 95.1 Å². The minimum atomic E-state index is 0.420. The lowest BCUT2D eigenvalue weighted by Crippen LogP contribution is -2.01. The van der Waals surface area contributed by atoms with Crippen LogP contribution in [0.5, 0.6) is 0 Å². The highest BCUT2D eigenvalue weighted by Gasteiger charge is 2.28. The summed E-state index contributed by atoms with van der Waals surface area (Å²) in [6.45, 7) is 0. The standard InChI is InChI=1S/C20H16/c1-2-8-15(9-3-1)19-14-17-12-6-7-13-18(17)20(19)16-10-4-5-11-16/h1-10,12-14,20H,11H2. The second kappa shape index (κ2) is 4.64. The smallest absolute Gasteiger partial charge is 0.0317 e. The first kappa shape index (κ1) is 11.5. The van der Waals surface area contributed by atoms with Crippen molar-refractivity contribution in [1.29, 1.82) is 0 Å². The summed E-state index contributed by atoms with van der Waals surface area (Å²) in [6.07, 6.45) is 10.1. The molecule has 0 bridgehead atoms. The number of hydrogen-bond donors (Lipinski definition) is 0. The maximum Gasteiger partial charge on any atom is 0.0317 e. The van der Waals surface area contributed by atoms with Crippen LogP contribution in [-0.4, -0.2) is 0 Å². The van der Waals surface area contributed by atoms with Gasteiger partial charge in [-0.3, -0.25) is 0 Å². The maximum absolute atomic E-state index is 2.36. The van der Waals surface area contributed by atoms with Gasteiger partial charge in [0.2, 0.25) is 0 Å². The van der Waals surface area contributed by atoms with Crippen LogP contribution in [0, 0.1) is 0 Å². The fraction of sp³-hybridized carbons (Fsp3) is 0.100. The van der Waals surface area contributed by atoms with Gasteiger partial charge in [-0.25, -0.2) is 0 Å². The third-order valence-electron chi connectivity index (χ3n) is 4.21. The zero-order valence-electron chi connectivity index (χ0n) is 11.3. The number of fused-ring (bicyclic) bond motifs is 1. The van der Waals surface area contributed by atoms with Crippen LogP contribution in [0.1, 0.15) is 29.0 Å². The molecule has 1 unspecified atom stereocenters. The third-order valence-corrected chi connectivity index (χ3v) is 4.21.